The minimum atomic E-state index is -3.18. The highest BCUT2D eigenvalue weighted by Gasteiger charge is 2.19. The predicted molar refractivity (Wildman–Crippen MR) is 51.8 cm³/mol. The third kappa shape index (κ3) is 9.78. The summed E-state index contributed by atoms with van der Waals surface area (Å²) in [5.41, 5.74) is 0. The quantitative estimate of drug-likeness (QED) is 0.465. The summed E-state index contributed by atoms with van der Waals surface area (Å²) in [5.74, 6) is 3.72. The number of alkyl halides is 3. The highest BCUT2D eigenvalue weighted by Crippen LogP contribution is 2.19. The zero-order valence-corrected chi connectivity index (χ0v) is 9.07. The van der Waals surface area contributed by atoms with Gasteiger partial charge in [-0.25, -0.2) is 0 Å². The van der Waals surface area contributed by atoms with Crippen LogP contribution in [-0.2, 0) is 0 Å². The minimum Gasteiger partial charge on any atom is -0.380 e. The Kier molecular flexibility index (Phi) is 6.27. The monoisotopic (exact) mass is 254 g/mol. The van der Waals surface area contributed by atoms with Crippen molar-refractivity contribution in [1.29, 1.82) is 0 Å². The number of rotatable bonds is 4. The van der Waals surface area contributed by atoms with E-state index in [1.807, 2.05) is 6.92 Å². The summed E-state index contributed by atoms with van der Waals surface area (Å²) in [6.07, 6.45) is 2.37. The summed E-state index contributed by atoms with van der Waals surface area (Å²) in [6, 6.07) is 0. The van der Waals surface area contributed by atoms with Crippen molar-refractivity contribution in [3.8, 4) is 11.8 Å². The van der Waals surface area contributed by atoms with Crippen LogP contribution in [-0.4, -0.2) is 16.0 Å². The lowest BCUT2D eigenvalue weighted by Gasteiger charge is -2.02. The third-order valence-corrected chi connectivity index (χ3v) is 1.66. The molecule has 76 valence electrons. The first kappa shape index (κ1) is 12.9. The first-order chi connectivity index (χ1) is 5.95. The van der Waals surface area contributed by atoms with Crippen LogP contribution in [0.5, 0.6) is 0 Å². The molecule has 1 nitrogen and oxygen atoms in total. The van der Waals surface area contributed by atoms with E-state index in [9.17, 15) is 8.78 Å². The maximum atomic E-state index is 12.1. The molecule has 0 aliphatic carbocycles. The highest BCUT2D eigenvalue weighted by molar-refractivity contribution is 9.10. The Morgan fingerprint density at radius 2 is 2.08 bits per heavy atom. The van der Waals surface area contributed by atoms with Crippen LogP contribution in [0.2, 0.25) is 0 Å². The molecule has 0 aromatic carbocycles. The van der Waals surface area contributed by atoms with E-state index >= 15 is 0 Å². The van der Waals surface area contributed by atoms with Gasteiger partial charge in [-0.2, -0.15) is 8.78 Å². The van der Waals surface area contributed by atoms with E-state index in [2.05, 4.69) is 21.9 Å². The molecule has 1 N–H and O–H groups in total. The summed E-state index contributed by atoms with van der Waals surface area (Å²) in [5, 5.41) is 9.11. The summed E-state index contributed by atoms with van der Waals surface area (Å²) >= 11 is 2.07. The Morgan fingerprint density at radius 3 is 2.54 bits per heavy atom. The van der Waals surface area contributed by atoms with E-state index in [-0.39, 0.29) is 0 Å². The number of hydrogen-bond acceptors (Lipinski definition) is 1. The van der Waals surface area contributed by atoms with Gasteiger partial charge in [0.05, 0.1) is 0 Å². The van der Waals surface area contributed by atoms with Gasteiger partial charge in [-0.15, -0.1) is 0 Å². The summed E-state index contributed by atoms with van der Waals surface area (Å²) in [6.45, 7) is 2.03. The molecular formula is C9H13BrF2O. The summed E-state index contributed by atoms with van der Waals surface area (Å²) < 4.78 is 24.2. The van der Waals surface area contributed by atoms with Crippen molar-refractivity contribution >= 4 is 15.9 Å². The van der Waals surface area contributed by atoms with Crippen LogP contribution < -0.4 is 0 Å². The summed E-state index contributed by atoms with van der Waals surface area (Å²) in [4.78, 5) is -3.18. The van der Waals surface area contributed by atoms with Gasteiger partial charge < -0.3 is 5.11 Å². The fourth-order valence-electron chi connectivity index (χ4n) is 0.825. The number of unbranched alkanes of at least 4 members (excludes halogenated alkanes) is 2. The fourth-order valence-corrected chi connectivity index (χ4v) is 0.939. The van der Waals surface area contributed by atoms with Crippen molar-refractivity contribution in [3.05, 3.63) is 0 Å². The van der Waals surface area contributed by atoms with Crippen molar-refractivity contribution in [2.24, 2.45) is 0 Å². The molecule has 0 rings (SSSR count). The van der Waals surface area contributed by atoms with Crippen molar-refractivity contribution < 1.29 is 13.9 Å². The topological polar surface area (TPSA) is 20.2 Å². The van der Waals surface area contributed by atoms with Gasteiger partial charge in [0.2, 0.25) is 0 Å². The molecule has 4 heteroatoms. The Labute approximate surface area is 85.7 Å². The summed E-state index contributed by atoms with van der Waals surface area (Å²) in [7, 11) is 0. The molecule has 0 heterocycles. The Bertz CT molecular complexity index is 190. The van der Waals surface area contributed by atoms with Crippen molar-refractivity contribution in [3.63, 3.8) is 0 Å². The van der Waals surface area contributed by atoms with Crippen LogP contribution in [0.4, 0.5) is 8.78 Å². The van der Waals surface area contributed by atoms with E-state index in [4.69, 9.17) is 5.11 Å². The van der Waals surface area contributed by atoms with Gasteiger partial charge in [0.15, 0.2) is 0 Å². The second-order valence-corrected chi connectivity index (χ2v) is 3.77. The van der Waals surface area contributed by atoms with Crippen LogP contribution >= 0.6 is 15.9 Å². The molecule has 0 unspecified atom stereocenters. The van der Waals surface area contributed by atoms with Gasteiger partial charge in [-0.3, -0.25) is 0 Å². The zero-order valence-electron chi connectivity index (χ0n) is 7.49. The van der Waals surface area contributed by atoms with Crippen molar-refractivity contribution in [2.75, 3.05) is 0 Å². The van der Waals surface area contributed by atoms with Gasteiger partial charge in [-0.05, 0) is 18.8 Å². The van der Waals surface area contributed by atoms with E-state index in [0.717, 1.165) is 19.3 Å². The largest absolute Gasteiger partial charge is 0.380 e. The van der Waals surface area contributed by atoms with Crippen LogP contribution in [0.1, 0.15) is 32.6 Å². The third-order valence-electron chi connectivity index (χ3n) is 1.46. The van der Waals surface area contributed by atoms with E-state index in [0.29, 0.717) is 6.42 Å². The van der Waals surface area contributed by atoms with Gasteiger partial charge in [0.1, 0.15) is 6.10 Å². The number of hydrogen-bond donors (Lipinski definition) is 1. The molecule has 0 fully saturated rings. The Balaban J connectivity index is 3.71. The minimum absolute atomic E-state index is 0.462. The molecular weight excluding hydrogens is 242 g/mol. The Hall–Kier alpha value is -0.140. The zero-order chi connectivity index (χ0) is 10.3. The molecule has 0 amide bonds. The molecule has 0 spiro atoms. The Morgan fingerprint density at radius 1 is 1.46 bits per heavy atom. The van der Waals surface area contributed by atoms with Gasteiger partial charge in [0, 0.05) is 15.9 Å². The normalized spacial score (nSPS) is 13.3. The molecule has 0 saturated heterocycles. The molecule has 0 saturated carbocycles. The molecule has 0 aromatic rings. The second kappa shape index (κ2) is 6.33. The van der Waals surface area contributed by atoms with Crippen molar-refractivity contribution in [1.82, 2.24) is 0 Å². The first-order valence-electron chi connectivity index (χ1n) is 4.23. The first-order valence-corrected chi connectivity index (χ1v) is 5.02. The van der Waals surface area contributed by atoms with Crippen LogP contribution in [0.15, 0.2) is 0 Å². The number of aliphatic hydroxyl groups excluding tert-OH is 1. The number of halogens is 3. The lowest BCUT2D eigenvalue weighted by atomic mass is 10.1. The van der Waals surface area contributed by atoms with Crippen LogP contribution in [0.3, 0.4) is 0 Å². The van der Waals surface area contributed by atoms with Gasteiger partial charge >= 0.3 is 4.83 Å². The maximum Gasteiger partial charge on any atom is 0.363 e. The molecule has 1 atom stereocenters. The molecule has 0 aromatic heterocycles. The lowest BCUT2D eigenvalue weighted by molar-refractivity contribution is 0.179. The van der Waals surface area contributed by atoms with E-state index < -0.39 is 10.9 Å². The molecule has 0 radical (unpaired) electrons. The molecule has 0 aliphatic heterocycles. The van der Waals surface area contributed by atoms with Crippen LogP contribution in [0, 0.1) is 11.8 Å². The molecule has 0 aliphatic rings. The molecule has 0 bridgehead atoms. The van der Waals surface area contributed by atoms with Gasteiger partial charge in [-0.1, -0.05) is 25.7 Å². The maximum absolute atomic E-state index is 12.1. The molecule has 13 heavy (non-hydrogen) atoms. The number of aliphatic hydroxyl groups is 1. The fraction of sp³-hybridized carbons (Fsp3) is 0.778. The standard InChI is InChI=1S/C9H13BrF2O/c1-2-3-4-5-8(13)6-7-9(10,11)12/h8,13H,2-5H2,1H3/t8-/m1/s1. The van der Waals surface area contributed by atoms with E-state index in [1.165, 1.54) is 0 Å². The smallest absolute Gasteiger partial charge is 0.363 e. The predicted octanol–water partition coefficient (Wildman–Crippen LogP) is 2.92. The van der Waals surface area contributed by atoms with Crippen LogP contribution in [0.25, 0.3) is 0 Å². The van der Waals surface area contributed by atoms with E-state index in [1.54, 1.807) is 5.92 Å². The van der Waals surface area contributed by atoms with Crippen molar-refractivity contribution in [2.45, 2.75) is 43.5 Å². The lowest BCUT2D eigenvalue weighted by Crippen LogP contribution is -2.06. The second-order valence-electron chi connectivity index (χ2n) is 2.78. The average Bonchev–Trinajstić information content (AvgIpc) is 2.00. The van der Waals surface area contributed by atoms with Gasteiger partial charge in [0.25, 0.3) is 0 Å². The highest BCUT2D eigenvalue weighted by atomic mass is 79.9. The average molecular weight is 255 g/mol. The SMILES string of the molecule is CCCCC[C@@H](O)C#CC(F)(F)Br.